The summed E-state index contributed by atoms with van der Waals surface area (Å²) in [6, 6.07) is 8.32. The van der Waals surface area contributed by atoms with Gasteiger partial charge in [-0.05, 0) is 30.8 Å². The molecule has 0 aliphatic carbocycles. The van der Waals surface area contributed by atoms with Crippen molar-refractivity contribution in [2.45, 2.75) is 12.5 Å². The lowest BCUT2D eigenvalue weighted by atomic mass is 10.0. The smallest absolute Gasteiger partial charge is 0.161 e. The average Bonchev–Trinajstić information content (AvgIpc) is 2.86. The van der Waals surface area contributed by atoms with Crippen LogP contribution in [0, 0.1) is 0 Å². The maximum Gasteiger partial charge on any atom is 0.161 e. The molecule has 0 radical (unpaired) electrons. The third-order valence-electron chi connectivity index (χ3n) is 3.51. The van der Waals surface area contributed by atoms with Crippen molar-refractivity contribution in [3.63, 3.8) is 0 Å². The molecule has 4 nitrogen and oxygen atoms in total. The van der Waals surface area contributed by atoms with Crippen molar-refractivity contribution in [3.8, 4) is 17.2 Å². The van der Waals surface area contributed by atoms with Crippen LogP contribution in [0.3, 0.4) is 0 Å². The molecular weight excluding hydrogens is 286 g/mol. The molecule has 0 bridgehead atoms. The van der Waals surface area contributed by atoms with Crippen LogP contribution < -0.4 is 19.5 Å². The zero-order chi connectivity index (χ0) is 14.7. The Labute approximate surface area is 128 Å². The van der Waals surface area contributed by atoms with Crippen LogP contribution in [0.5, 0.6) is 17.2 Å². The maximum absolute atomic E-state index is 5.77. The van der Waals surface area contributed by atoms with E-state index in [2.05, 4.69) is 23.5 Å². The van der Waals surface area contributed by atoms with Crippen molar-refractivity contribution in [2.75, 3.05) is 27.4 Å². The topological polar surface area (TPSA) is 39.7 Å². The Hall–Kier alpha value is -1.72. The summed E-state index contributed by atoms with van der Waals surface area (Å²) in [5.41, 5.74) is 1.16. The fourth-order valence-electron chi connectivity index (χ4n) is 2.43. The highest BCUT2D eigenvalue weighted by molar-refractivity contribution is 7.10. The van der Waals surface area contributed by atoms with Gasteiger partial charge >= 0.3 is 0 Å². The fourth-order valence-corrected chi connectivity index (χ4v) is 3.42. The van der Waals surface area contributed by atoms with Crippen molar-refractivity contribution in [1.29, 1.82) is 0 Å². The molecule has 1 aromatic heterocycles. The minimum Gasteiger partial charge on any atom is -0.496 e. The number of thiophene rings is 1. The van der Waals surface area contributed by atoms with Gasteiger partial charge in [0.15, 0.2) is 11.5 Å². The first-order valence-electron chi connectivity index (χ1n) is 7.01. The molecule has 112 valence electrons. The molecule has 1 unspecified atom stereocenters. The highest BCUT2D eigenvalue weighted by Crippen LogP contribution is 2.36. The molecule has 5 heteroatoms. The zero-order valence-corrected chi connectivity index (χ0v) is 13.0. The molecule has 1 atom stereocenters. The van der Waals surface area contributed by atoms with E-state index in [9.17, 15) is 0 Å². The van der Waals surface area contributed by atoms with Crippen LogP contribution in [-0.2, 0) is 0 Å². The Bertz CT molecular complexity index is 611. The number of hydrogen-bond acceptors (Lipinski definition) is 5. The van der Waals surface area contributed by atoms with Gasteiger partial charge < -0.3 is 19.5 Å². The molecule has 1 aliphatic rings. The Morgan fingerprint density at radius 1 is 1.19 bits per heavy atom. The summed E-state index contributed by atoms with van der Waals surface area (Å²) in [5.74, 6) is 2.55. The summed E-state index contributed by atoms with van der Waals surface area (Å²) in [4.78, 5) is 1.21. The molecule has 21 heavy (non-hydrogen) atoms. The van der Waals surface area contributed by atoms with Crippen LogP contribution in [-0.4, -0.2) is 27.4 Å². The summed E-state index contributed by atoms with van der Waals surface area (Å²) < 4.78 is 16.7. The van der Waals surface area contributed by atoms with E-state index in [-0.39, 0.29) is 6.04 Å². The molecule has 0 saturated heterocycles. The average molecular weight is 305 g/mol. The molecule has 0 saturated carbocycles. The molecule has 0 fully saturated rings. The molecule has 2 heterocycles. The Morgan fingerprint density at radius 3 is 2.71 bits per heavy atom. The standard InChI is InChI=1S/C16H19NO3S/c1-17-16(15-9-12(18-2)10-21-15)11-4-5-13-14(8-11)20-7-3-6-19-13/h4-5,8-10,16-17H,3,6-7H2,1-2H3. The largest absolute Gasteiger partial charge is 0.496 e. The summed E-state index contributed by atoms with van der Waals surface area (Å²) in [5, 5.41) is 5.37. The van der Waals surface area contributed by atoms with Gasteiger partial charge in [-0.1, -0.05) is 6.07 Å². The second-order valence-corrected chi connectivity index (χ2v) is 5.81. The Kier molecular flexibility index (Phi) is 4.31. The maximum atomic E-state index is 5.77. The van der Waals surface area contributed by atoms with Crippen LogP contribution in [0.15, 0.2) is 29.6 Å². The van der Waals surface area contributed by atoms with E-state index in [0.717, 1.165) is 29.2 Å². The first-order valence-corrected chi connectivity index (χ1v) is 7.89. The molecule has 0 amide bonds. The first-order chi connectivity index (χ1) is 10.3. The van der Waals surface area contributed by atoms with E-state index in [1.807, 2.05) is 18.5 Å². The normalized spacial score (nSPS) is 15.3. The second-order valence-electron chi connectivity index (χ2n) is 4.87. The summed E-state index contributed by atoms with van der Waals surface area (Å²) in [7, 11) is 3.65. The van der Waals surface area contributed by atoms with Gasteiger partial charge in [-0.2, -0.15) is 0 Å². The van der Waals surface area contributed by atoms with Crippen LogP contribution >= 0.6 is 11.3 Å². The van der Waals surface area contributed by atoms with E-state index in [1.54, 1.807) is 18.4 Å². The molecule has 2 aromatic rings. The van der Waals surface area contributed by atoms with Crippen LogP contribution in [0.2, 0.25) is 0 Å². The molecule has 3 rings (SSSR count). The van der Waals surface area contributed by atoms with Crippen LogP contribution in [0.1, 0.15) is 22.9 Å². The van der Waals surface area contributed by atoms with Crippen molar-refractivity contribution in [2.24, 2.45) is 0 Å². The van der Waals surface area contributed by atoms with Crippen LogP contribution in [0.4, 0.5) is 0 Å². The number of ether oxygens (including phenoxy) is 3. The van der Waals surface area contributed by atoms with Gasteiger partial charge in [0.05, 0.1) is 26.4 Å². The van der Waals surface area contributed by atoms with Crippen molar-refractivity contribution < 1.29 is 14.2 Å². The SMILES string of the molecule is CNC(c1ccc2c(c1)OCCCO2)c1cc(OC)cs1. The van der Waals surface area contributed by atoms with E-state index < -0.39 is 0 Å². The first kappa shape index (κ1) is 14.2. The van der Waals surface area contributed by atoms with Gasteiger partial charge in [0.25, 0.3) is 0 Å². The molecule has 1 aliphatic heterocycles. The quantitative estimate of drug-likeness (QED) is 0.941. The lowest BCUT2D eigenvalue weighted by Crippen LogP contribution is -2.16. The predicted octanol–water partition coefficient (Wildman–Crippen LogP) is 3.23. The van der Waals surface area contributed by atoms with E-state index in [1.165, 1.54) is 4.88 Å². The van der Waals surface area contributed by atoms with Gasteiger partial charge in [-0.15, -0.1) is 11.3 Å². The lowest BCUT2D eigenvalue weighted by molar-refractivity contribution is 0.297. The van der Waals surface area contributed by atoms with E-state index in [0.29, 0.717) is 13.2 Å². The van der Waals surface area contributed by atoms with Gasteiger partial charge in [0.2, 0.25) is 0 Å². The highest BCUT2D eigenvalue weighted by Gasteiger charge is 2.18. The van der Waals surface area contributed by atoms with Gasteiger partial charge in [-0.25, -0.2) is 0 Å². The Balaban J connectivity index is 1.91. The summed E-state index contributed by atoms with van der Waals surface area (Å²) >= 11 is 1.68. The third-order valence-corrected chi connectivity index (χ3v) is 4.49. The zero-order valence-electron chi connectivity index (χ0n) is 12.2. The number of nitrogens with one attached hydrogen (secondary N) is 1. The monoisotopic (exact) mass is 305 g/mol. The number of benzene rings is 1. The van der Waals surface area contributed by atoms with E-state index >= 15 is 0 Å². The molecular formula is C16H19NO3S. The Morgan fingerprint density at radius 2 is 2.00 bits per heavy atom. The van der Waals surface area contributed by atoms with Gasteiger partial charge in [0.1, 0.15) is 5.75 Å². The number of methoxy groups -OCH3 is 1. The third kappa shape index (κ3) is 2.99. The fraction of sp³-hybridized carbons (Fsp3) is 0.375. The lowest BCUT2D eigenvalue weighted by Gasteiger charge is -2.17. The minimum absolute atomic E-state index is 0.121. The predicted molar refractivity (Wildman–Crippen MR) is 83.8 cm³/mol. The molecule has 1 N–H and O–H groups in total. The van der Waals surface area contributed by atoms with Crippen LogP contribution in [0.25, 0.3) is 0 Å². The number of hydrogen-bond donors (Lipinski definition) is 1. The summed E-state index contributed by atoms with van der Waals surface area (Å²) in [6.07, 6.45) is 0.918. The summed E-state index contributed by atoms with van der Waals surface area (Å²) in [6.45, 7) is 1.41. The van der Waals surface area contributed by atoms with Crippen molar-refractivity contribution >= 4 is 11.3 Å². The molecule has 1 aromatic carbocycles. The van der Waals surface area contributed by atoms with Crippen molar-refractivity contribution in [1.82, 2.24) is 5.32 Å². The molecule has 0 spiro atoms. The van der Waals surface area contributed by atoms with Crippen molar-refractivity contribution in [3.05, 3.63) is 40.1 Å². The van der Waals surface area contributed by atoms with Gasteiger partial charge in [-0.3, -0.25) is 0 Å². The van der Waals surface area contributed by atoms with Gasteiger partial charge in [0, 0.05) is 16.7 Å². The number of fused-ring (bicyclic) bond motifs is 1. The minimum atomic E-state index is 0.121. The number of rotatable bonds is 4. The van der Waals surface area contributed by atoms with E-state index in [4.69, 9.17) is 14.2 Å². The highest BCUT2D eigenvalue weighted by atomic mass is 32.1. The second kappa shape index (κ2) is 6.37.